The maximum absolute atomic E-state index is 12.6. The number of rotatable bonds is 7. The molecule has 0 radical (unpaired) electrons. The largest absolute Gasteiger partial charge is 0.508 e. The van der Waals surface area contributed by atoms with Gasteiger partial charge in [-0.2, -0.15) is 10.2 Å². The van der Waals surface area contributed by atoms with Crippen molar-refractivity contribution < 1.29 is 9.90 Å². The van der Waals surface area contributed by atoms with Gasteiger partial charge in [-0.1, -0.05) is 0 Å². The van der Waals surface area contributed by atoms with Gasteiger partial charge in [-0.3, -0.25) is 14.2 Å². The van der Waals surface area contributed by atoms with Crippen LogP contribution in [0.25, 0.3) is 10.9 Å². The summed E-state index contributed by atoms with van der Waals surface area (Å²) >= 11 is 0. The average molecular weight is 353 g/mol. The van der Waals surface area contributed by atoms with Crippen LogP contribution >= 0.6 is 0 Å². The summed E-state index contributed by atoms with van der Waals surface area (Å²) < 4.78 is 1.29. The van der Waals surface area contributed by atoms with Crippen molar-refractivity contribution in [2.24, 2.45) is 10.2 Å². The molecule has 2 heterocycles. The summed E-state index contributed by atoms with van der Waals surface area (Å²) in [5, 5.41) is 20.6. The molecule has 134 valence electrons. The van der Waals surface area contributed by atoms with Gasteiger partial charge in [0.05, 0.1) is 10.9 Å². The molecule has 1 aromatic carbocycles. The molecule has 0 fully saturated rings. The molecule has 8 heteroatoms. The first-order valence-corrected chi connectivity index (χ1v) is 8.28. The van der Waals surface area contributed by atoms with Crippen molar-refractivity contribution >= 4 is 16.8 Å². The minimum absolute atomic E-state index is 0.0227. The van der Waals surface area contributed by atoms with Gasteiger partial charge in [-0.05, 0) is 25.1 Å². The lowest BCUT2D eigenvalue weighted by Gasteiger charge is -2.12. The maximum atomic E-state index is 12.6. The van der Waals surface area contributed by atoms with E-state index in [4.69, 9.17) is 6.42 Å². The Balaban J connectivity index is 1.64. The highest BCUT2D eigenvalue weighted by Crippen LogP contribution is 2.35. The Hall–Kier alpha value is -3.21. The fourth-order valence-corrected chi connectivity index (χ4v) is 2.78. The summed E-state index contributed by atoms with van der Waals surface area (Å²) in [6.45, 7) is 1.92. The number of phenolic OH excluding ortho intramolecular Hbond substituents is 1. The third-order valence-corrected chi connectivity index (χ3v) is 4.33. The van der Waals surface area contributed by atoms with E-state index >= 15 is 0 Å². The molecule has 3 rings (SSSR count). The fourth-order valence-electron chi connectivity index (χ4n) is 2.78. The van der Waals surface area contributed by atoms with Crippen molar-refractivity contribution in [1.29, 1.82) is 0 Å². The monoisotopic (exact) mass is 353 g/mol. The summed E-state index contributed by atoms with van der Waals surface area (Å²) in [5.74, 6) is 2.66. The summed E-state index contributed by atoms with van der Waals surface area (Å²) in [4.78, 5) is 29.1. The van der Waals surface area contributed by atoms with Crippen LogP contribution in [-0.4, -0.2) is 32.8 Å². The molecule has 0 saturated carbocycles. The zero-order valence-electron chi connectivity index (χ0n) is 14.4. The Morgan fingerprint density at radius 1 is 1.38 bits per heavy atom. The number of nitrogens with one attached hydrogen (secondary N) is 1. The summed E-state index contributed by atoms with van der Waals surface area (Å²) in [6, 6.07) is 4.39. The number of hydrogen-bond donors (Lipinski definition) is 2. The van der Waals surface area contributed by atoms with Gasteiger partial charge in [0.25, 0.3) is 5.56 Å². The van der Waals surface area contributed by atoms with Gasteiger partial charge in [0.2, 0.25) is 5.91 Å². The molecule has 1 aromatic heterocycles. The van der Waals surface area contributed by atoms with Gasteiger partial charge in [0, 0.05) is 25.8 Å². The fraction of sp³-hybridized carbons (Fsp3) is 0.389. The minimum atomic E-state index is -0.450. The average Bonchev–Trinajstić information content (AvgIpc) is 3.38. The van der Waals surface area contributed by atoms with E-state index in [1.54, 1.807) is 13.0 Å². The van der Waals surface area contributed by atoms with Crippen LogP contribution < -0.4 is 10.9 Å². The predicted molar refractivity (Wildman–Crippen MR) is 95.7 cm³/mol. The first kappa shape index (κ1) is 17.6. The van der Waals surface area contributed by atoms with Gasteiger partial charge >= 0.3 is 0 Å². The van der Waals surface area contributed by atoms with E-state index in [-0.39, 0.29) is 29.1 Å². The number of carbonyl (C=O) groups is 1. The van der Waals surface area contributed by atoms with Crippen molar-refractivity contribution in [2.45, 2.75) is 38.4 Å². The van der Waals surface area contributed by atoms with E-state index in [0.717, 1.165) is 0 Å². The molecule has 0 saturated heterocycles. The number of terminal acetylenes is 1. The SMILES string of the molecule is C#CCCC1(CCNC(=O)Cn2c(C)nc3ccc(O)cc3c2=O)N=N1. The van der Waals surface area contributed by atoms with E-state index in [9.17, 15) is 14.7 Å². The van der Waals surface area contributed by atoms with Crippen LogP contribution in [0.3, 0.4) is 0 Å². The van der Waals surface area contributed by atoms with Crippen LogP contribution in [0, 0.1) is 19.3 Å². The summed E-state index contributed by atoms with van der Waals surface area (Å²) in [7, 11) is 0. The number of hydrogen-bond acceptors (Lipinski definition) is 6. The molecule has 2 aromatic rings. The van der Waals surface area contributed by atoms with E-state index in [1.807, 2.05) is 0 Å². The first-order valence-electron chi connectivity index (χ1n) is 8.28. The number of aryl methyl sites for hydroxylation is 1. The number of aromatic hydroxyl groups is 1. The third-order valence-electron chi connectivity index (χ3n) is 4.33. The number of aromatic nitrogens is 2. The lowest BCUT2D eigenvalue weighted by molar-refractivity contribution is -0.121. The van der Waals surface area contributed by atoms with Crippen molar-refractivity contribution in [3.63, 3.8) is 0 Å². The molecule has 0 aliphatic carbocycles. The molecule has 0 spiro atoms. The Bertz CT molecular complexity index is 981. The lowest BCUT2D eigenvalue weighted by Crippen LogP contribution is -2.35. The maximum Gasteiger partial charge on any atom is 0.261 e. The highest BCUT2D eigenvalue weighted by Gasteiger charge is 2.38. The Morgan fingerprint density at radius 2 is 2.15 bits per heavy atom. The topological polar surface area (TPSA) is 109 Å². The standard InChI is InChI=1S/C18H19N5O3/c1-3-4-7-18(21-22-18)8-9-19-16(25)11-23-12(2)20-15-6-5-13(24)10-14(15)17(23)26/h1,5-6,10,24H,4,7-9,11H2,2H3,(H,19,25). The number of amides is 1. The number of nitrogens with zero attached hydrogens (tertiary/aromatic N) is 4. The number of fused-ring (bicyclic) bond motifs is 1. The molecule has 1 aliphatic heterocycles. The van der Waals surface area contributed by atoms with E-state index < -0.39 is 5.66 Å². The van der Waals surface area contributed by atoms with Crippen LogP contribution in [0.5, 0.6) is 5.75 Å². The van der Waals surface area contributed by atoms with E-state index in [2.05, 4.69) is 26.4 Å². The Morgan fingerprint density at radius 3 is 2.85 bits per heavy atom. The molecule has 26 heavy (non-hydrogen) atoms. The second kappa shape index (κ2) is 6.96. The van der Waals surface area contributed by atoms with Gasteiger partial charge in [0.1, 0.15) is 18.1 Å². The zero-order valence-corrected chi connectivity index (χ0v) is 14.4. The summed E-state index contributed by atoms with van der Waals surface area (Å²) in [6.07, 6.45) is 7.09. The molecular formula is C18H19N5O3. The highest BCUT2D eigenvalue weighted by atomic mass is 16.3. The molecule has 1 amide bonds. The van der Waals surface area contributed by atoms with E-state index in [1.165, 1.54) is 16.7 Å². The van der Waals surface area contributed by atoms with Crippen LogP contribution in [0.15, 0.2) is 33.2 Å². The Kier molecular flexibility index (Phi) is 4.71. The molecule has 2 N–H and O–H groups in total. The van der Waals surface area contributed by atoms with Crippen LogP contribution in [0.4, 0.5) is 0 Å². The second-order valence-electron chi connectivity index (χ2n) is 6.24. The number of benzene rings is 1. The molecular weight excluding hydrogens is 334 g/mol. The van der Waals surface area contributed by atoms with Crippen LogP contribution in [-0.2, 0) is 11.3 Å². The first-order chi connectivity index (χ1) is 12.4. The predicted octanol–water partition coefficient (Wildman–Crippen LogP) is 1.49. The molecule has 0 bridgehead atoms. The quantitative estimate of drug-likeness (QED) is 0.735. The van der Waals surface area contributed by atoms with Crippen molar-refractivity contribution in [1.82, 2.24) is 14.9 Å². The molecule has 0 atom stereocenters. The highest BCUT2D eigenvalue weighted by molar-refractivity contribution is 5.80. The van der Waals surface area contributed by atoms with Crippen molar-refractivity contribution in [3.8, 4) is 18.1 Å². The second-order valence-corrected chi connectivity index (χ2v) is 6.24. The number of phenols is 1. The van der Waals surface area contributed by atoms with Crippen LogP contribution in [0.2, 0.25) is 0 Å². The Labute approximate surface area is 150 Å². The molecule has 0 unspecified atom stereocenters. The summed E-state index contributed by atoms with van der Waals surface area (Å²) in [5.41, 5.74) is -0.334. The van der Waals surface area contributed by atoms with Gasteiger partial charge in [-0.15, -0.1) is 12.3 Å². The zero-order chi connectivity index (χ0) is 18.7. The lowest BCUT2D eigenvalue weighted by atomic mass is 10.0. The molecule has 1 aliphatic rings. The van der Waals surface area contributed by atoms with Gasteiger partial charge < -0.3 is 10.4 Å². The third kappa shape index (κ3) is 3.72. The van der Waals surface area contributed by atoms with Gasteiger partial charge in [-0.25, -0.2) is 4.98 Å². The smallest absolute Gasteiger partial charge is 0.261 e. The van der Waals surface area contributed by atoms with Gasteiger partial charge in [0.15, 0.2) is 5.66 Å². The van der Waals surface area contributed by atoms with E-state index in [0.29, 0.717) is 37.1 Å². The minimum Gasteiger partial charge on any atom is -0.508 e. The van der Waals surface area contributed by atoms with Crippen molar-refractivity contribution in [2.75, 3.05) is 6.54 Å². The van der Waals surface area contributed by atoms with Crippen molar-refractivity contribution in [3.05, 3.63) is 34.4 Å². The number of carbonyl (C=O) groups excluding carboxylic acids is 1. The normalized spacial score (nSPS) is 14.2. The van der Waals surface area contributed by atoms with Crippen LogP contribution in [0.1, 0.15) is 25.1 Å². The molecule has 8 nitrogen and oxygen atoms in total.